The molecule has 0 aliphatic carbocycles. The lowest BCUT2D eigenvalue weighted by atomic mass is 10.1. The van der Waals surface area contributed by atoms with Crippen LogP contribution >= 0.6 is 0 Å². The first-order chi connectivity index (χ1) is 14.9. The Morgan fingerprint density at radius 3 is 2.35 bits per heavy atom. The van der Waals surface area contributed by atoms with Crippen molar-refractivity contribution in [3.8, 4) is 0 Å². The molecule has 7 nitrogen and oxygen atoms in total. The second kappa shape index (κ2) is 10.7. The van der Waals surface area contributed by atoms with Gasteiger partial charge in [0.15, 0.2) is 5.96 Å². The Kier molecular flexibility index (Phi) is 7.96. The molecule has 170 valence electrons. The highest BCUT2D eigenvalue weighted by Crippen LogP contribution is 2.17. The van der Waals surface area contributed by atoms with Crippen LogP contribution in [0.2, 0.25) is 0 Å². The molecule has 1 aromatic carbocycles. The van der Waals surface area contributed by atoms with E-state index in [4.69, 9.17) is 0 Å². The molecule has 7 heteroatoms. The molecule has 2 aromatic rings. The Bertz CT molecular complexity index is 850. The molecule has 0 bridgehead atoms. The van der Waals surface area contributed by atoms with Crippen LogP contribution in [-0.2, 0) is 13.5 Å². The Morgan fingerprint density at radius 2 is 1.77 bits per heavy atom. The van der Waals surface area contributed by atoms with Crippen molar-refractivity contribution < 1.29 is 0 Å². The average molecular weight is 426 g/mol. The highest BCUT2D eigenvalue weighted by atomic mass is 15.3. The number of guanidine groups is 1. The predicted molar refractivity (Wildman–Crippen MR) is 130 cm³/mol. The van der Waals surface area contributed by atoms with Crippen LogP contribution in [0.15, 0.2) is 35.3 Å². The number of nitrogens with zero attached hydrogens (tertiary/aromatic N) is 5. The van der Waals surface area contributed by atoms with Gasteiger partial charge in [-0.05, 0) is 51.8 Å². The number of benzene rings is 1. The molecule has 1 aliphatic rings. The Balaban J connectivity index is 1.44. The van der Waals surface area contributed by atoms with Crippen LogP contribution in [0.5, 0.6) is 0 Å². The van der Waals surface area contributed by atoms with Gasteiger partial charge in [0, 0.05) is 70.3 Å². The molecule has 3 rings (SSSR count). The molecule has 0 saturated carbocycles. The molecular formula is C24H39N7. The van der Waals surface area contributed by atoms with E-state index in [-0.39, 0.29) is 6.04 Å². The van der Waals surface area contributed by atoms with E-state index < -0.39 is 0 Å². The van der Waals surface area contributed by atoms with E-state index in [1.807, 2.05) is 18.8 Å². The lowest BCUT2D eigenvalue weighted by molar-refractivity contribution is 0.197. The summed E-state index contributed by atoms with van der Waals surface area (Å²) in [6, 6.07) is 11.4. The van der Waals surface area contributed by atoms with Crippen LogP contribution in [0, 0.1) is 13.8 Å². The van der Waals surface area contributed by atoms with E-state index in [2.05, 4.69) is 88.6 Å². The van der Waals surface area contributed by atoms with Crippen LogP contribution < -0.4 is 15.5 Å². The van der Waals surface area contributed by atoms with Crippen LogP contribution in [0.4, 0.5) is 5.69 Å². The van der Waals surface area contributed by atoms with Gasteiger partial charge >= 0.3 is 0 Å². The van der Waals surface area contributed by atoms with Crippen LogP contribution in [-0.4, -0.2) is 72.5 Å². The summed E-state index contributed by atoms with van der Waals surface area (Å²) >= 11 is 0. The van der Waals surface area contributed by atoms with Crippen molar-refractivity contribution in [2.75, 3.05) is 44.7 Å². The van der Waals surface area contributed by atoms with Gasteiger partial charge in [0.05, 0.1) is 5.69 Å². The van der Waals surface area contributed by atoms with Gasteiger partial charge < -0.3 is 15.5 Å². The molecule has 1 fully saturated rings. The third-order valence-corrected chi connectivity index (χ3v) is 6.40. The summed E-state index contributed by atoms with van der Waals surface area (Å²) in [5, 5.41) is 11.6. The highest BCUT2D eigenvalue weighted by Gasteiger charge is 2.21. The molecule has 31 heavy (non-hydrogen) atoms. The zero-order valence-electron chi connectivity index (χ0n) is 20.0. The molecule has 1 saturated heterocycles. The first kappa shape index (κ1) is 23.1. The van der Waals surface area contributed by atoms with E-state index in [1.165, 1.54) is 16.9 Å². The number of hydrogen-bond donors (Lipinski definition) is 2. The van der Waals surface area contributed by atoms with Gasteiger partial charge in [-0.15, -0.1) is 0 Å². The summed E-state index contributed by atoms with van der Waals surface area (Å²) in [5.74, 6) is 0.862. The summed E-state index contributed by atoms with van der Waals surface area (Å²) in [6.07, 6.45) is 0.934. The van der Waals surface area contributed by atoms with Crippen molar-refractivity contribution in [3.05, 3.63) is 47.3 Å². The minimum atomic E-state index is 0.275. The van der Waals surface area contributed by atoms with E-state index in [1.54, 1.807) is 0 Å². The van der Waals surface area contributed by atoms with E-state index in [0.29, 0.717) is 6.04 Å². The maximum atomic E-state index is 4.53. The largest absolute Gasteiger partial charge is 0.369 e. The summed E-state index contributed by atoms with van der Waals surface area (Å²) < 4.78 is 1.96. The standard InChI is InChI=1S/C24H39N7/c1-18(16-23-20(3)28-29(6)21(23)4)27-24(25-5)26-17-19(2)30-12-14-31(15-13-30)22-10-8-7-9-11-22/h7-11,18-19H,12-17H2,1-6H3,(H2,25,26,27). The van der Waals surface area contributed by atoms with Gasteiger partial charge in [-0.2, -0.15) is 5.10 Å². The van der Waals surface area contributed by atoms with Gasteiger partial charge in [0.25, 0.3) is 0 Å². The molecular weight excluding hydrogens is 386 g/mol. The Hall–Kier alpha value is -2.54. The number of aryl methyl sites for hydroxylation is 2. The second-order valence-corrected chi connectivity index (χ2v) is 8.68. The smallest absolute Gasteiger partial charge is 0.191 e. The summed E-state index contributed by atoms with van der Waals surface area (Å²) in [5.41, 5.74) is 4.99. The SMILES string of the molecule is CN=C(NCC(C)N1CCN(c2ccccc2)CC1)NC(C)Cc1c(C)nn(C)c1C. The minimum Gasteiger partial charge on any atom is -0.369 e. The van der Waals surface area contributed by atoms with E-state index >= 15 is 0 Å². The molecule has 2 N–H and O–H groups in total. The summed E-state index contributed by atoms with van der Waals surface area (Å²) in [6.45, 7) is 13.9. The first-order valence-corrected chi connectivity index (χ1v) is 11.4. The van der Waals surface area contributed by atoms with Crippen LogP contribution in [0.25, 0.3) is 0 Å². The first-order valence-electron chi connectivity index (χ1n) is 11.4. The third-order valence-electron chi connectivity index (χ3n) is 6.40. The van der Waals surface area contributed by atoms with Crippen LogP contribution in [0.1, 0.15) is 30.8 Å². The predicted octanol–water partition coefficient (Wildman–Crippen LogP) is 2.34. The molecule has 2 heterocycles. The van der Waals surface area contributed by atoms with Crippen LogP contribution in [0.3, 0.4) is 0 Å². The lowest BCUT2D eigenvalue weighted by Gasteiger charge is -2.39. The van der Waals surface area contributed by atoms with Crippen molar-refractivity contribution in [1.82, 2.24) is 25.3 Å². The third kappa shape index (κ3) is 6.00. The van der Waals surface area contributed by atoms with Crippen molar-refractivity contribution >= 4 is 11.6 Å². The number of para-hydroxylation sites is 1. The van der Waals surface area contributed by atoms with Gasteiger partial charge in [-0.25, -0.2) is 0 Å². The second-order valence-electron chi connectivity index (χ2n) is 8.68. The monoisotopic (exact) mass is 425 g/mol. The number of aromatic nitrogens is 2. The fraction of sp³-hybridized carbons (Fsp3) is 0.583. The minimum absolute atomic E-state index is 0.275. The van der Waals surface area contributed by atoms with E-state index in [0.717, 1.165) is 50.8 Å². The van der Waals surface area contributed by atoms with Gasteiger partial charge in [0.2, 0.25) is 0 Å². The topological polar surface area (TPSA) is 60.7 Å². The quantitative estimate of drug-likeness (QED) is 0.527. The maximum absolute atomic E-state index is 4.53. The van der Waals surface area contributed by atoms with Gasteiger partial charge in [-0.1, -0.05) is 18.2 Å². The maximum Gasteiger partial charge on any atom is 0.191 e. The Labute approximate surface area is 187 Å². The molecule has 1 aromatic heterocycles. The lowest BCUT2D eigenvalue weighted by Crippen LogP contribution is -2.53. The number of hydrogen-bond acceptors (Lipinski definition) is 4. The molecule has 1 aliphatic heterocycles. The fourth-order valence-corrected chi connectivity index (χ4v) is 4.33. The molecule has 2 unspecified atom stereocenters. The zero-order valence-corrected chi connectivity index (χ0v) is 20.0. The van der Waals surface area contributed by atoms with E-state index in [9.17, 15) is 0 Å². The fourth-order valence-electron chi connectivity index (χ4n) is 4.33. The number of aliphatic imine (C=N–C) groups is 1. The van der Waals surface area contributed by atoms with Gasteiger partial charge in [-0.3, -0.25) is 14.6 Å². The molecule has 0 amide bonds. The normalized spacial score (nSPS) is 17.5. The van der Waals surface area contributed by atoms with Crippen molar-refractivity contribution in [1.29, 1.82) is 0 Å². The summed E-state index contributed by atoms with van der Waals surface area (Å²) in [7, 11) is 3.84. The average Bonchev–Trinajstić information content (AvgIpc) is 3.03. The highest BCUT2D eigenvalue weighted by molar-refractivity contribution is 5.80. The Morgan fingerprint density at radius 1 is 1.10 bits per heavy atom. The summed E-state index contributed by atoms with van der Waals surface area (Å²) in [4.78, 5) is 9.47. The number of nitrogens with one attached hydrogen (secondary N) is 2. The van der Waals surface area contributed by atoms with Crippen molar-refractivity contribution in [3.63, 3.8) is 0 Å². The molecule has 0 radical (unpaired) electrons. The number of rotatable bonds is 7. The number of piperazine rings is 1. The van der Waals surface area contributed by atoms with Gasteiger partial charge in [0.1, 0.15) is 0 Å². The molecule has 0 spiro atoms. The zero-order chi connectivity index (χ0) is 22.4. The van der Waals surface area contributed by atoms with Crippen molar-refractivity contribution in [2.24, 2.45) is 12.0 Å². The number of anilines is 1. The van der Waals surface area contributed by atoms with Crippen molar-refractivity contribution in [2.45, 2.75) is 46.2 Å². The molecule has 2 atom stereocenters.